The van der Waals surface area contributed by atoms with Gasteiger partial charge in [-0.05, 0) is 48.7 Å². The molecule has 28 heavy (non-hydrogen) atoms. The minimum absolute atomic E-state index is 0.00409. The van der Waals surface area contributed by atoms with E-state index in [0.717, 1.165) is 16.9 Å². The van der Waals surface area contributed by atoms with Crippen molar-refractivity contribution < 1.29 is 22.7 Å². The molecule has 0 saturated heterocycles. The van der Waals surface area contributed by atoms with Crippen molar-refractivity contribution in [3.63, 3.8) is 0 Å². The molecule has 0 unspecified atom stereocenters. The van der Waals surface area contributed by atoms with Crippen LogP contribution in [-0.2, 0) is 10.0 Å². The smallest absolute Gasteiger partial charge is 0.254 e. The van der Waals surface area contributed by atoms with Crippen LogP contribution in [-0.4, -0.2) is 35.6 Å². The molecule has 0 heterocycles. The Balaban J connectivity index is 2.38. The first-order chi connectivity index (χ1) is 13.3. The lowest BCUT2D eigenvalue weighted by Gasteiger charge is -2.19. The zero-order valence-electron chi connectivity index (χ0n) is 16.7. The maximum Gasteiger partial charge on any atom is 0.254 e. The third-order valence-corrected chi connectivity index (χ3v) is 5.95. The Labute approximate surface area is 166 Å². The number of carbonyl (C=O) groups excluding carboxylic acids is 1. The van der Waals surface area contributed by atoms with Crippen LogP contribution >= 0.6 is 0 Å². The molecule has 0 bridgehead atoms. The lowest BCUT2D eigenvalue weighted by molar-refractivity contribution is 0.0960. The van der Waals surface area contributed by atoms with Crippen molar-refractivity contribution in [2.75, 3.05) is 21.3 Å². The Kier molecular flexibility index (Phi) is 7.04. The van der Waals surface area contributed by atoms with Crippen molar-refractivity contribution in [3.8, 4) is 11.5 Å². The highest BCUT2D eigenvalue weighted by atomic mass is 32.2. The van der Waals surface area contributed by atoms with Crippen molar-refractivity contribution in [2.45, 2.75) is 31.2 Å². The van der Waals surface area contributed by atoms with Crippen molar-refractivity contribution >= 4 is 15.9 Å². The van der Waals surface area contributed by atoms with Gasteiger partial charge in [-0.25, -0.2) is 13.1 Å². The van der Waals surface area contributed by atoms with Crippen LogP contribution in [0.15, 0.2) is 41.3 Å². The molecule has 2 aromatic carbocycles. The van der Waals surface area contributed by atoms with Gasteiger partial charge in [0.2, 0.25) is 10.0 Å². The number of ether oxygens (including phenoxy) is 2. The lowest BCUT2D eigenvalue weighted by Crippen LogP contribution is -2.29. The zero-order valence-corrected chi connectivity index (χ0v) is 17.5. The maximum atomic E-state index is 12.9. The number of sulfonamides is 1. The number of aryl methyl sites for hydroxylation is 1. The van der Waals surface area contributed by atoms with Crippen LogP contribution in [0.1, 0.15) is 40.9 Å². The van der Waals surface area contributed by atoms with Crippen LogP contribution in [0.4, 0.5) is 0 Å². The summed E-state index contributed by atoms with van der Waals surface area (Å²) >= 11 is 0. The molecule has 1 atom stereocenters. The summed E-state index contributed by atoms with van der Waals surface area (Å²) in [7, 11) is 0.635. The number of carbonyl (C=O) groups is 1. The average Bonchev–Trinajstić information content (AvgIpc) is 2.70. The van der Waals surface area contributed by atoms with Crippen LogP contribution in [0.25, 0.3) is 0 Å². The van der Waals surface area contributed by atoms with E-state index in [0.29, 0.717) is 12.2 Å². The molecule has 0 aliphatic heterocycles. The van der Waals surface area contributed by atoms with Gasteiger partial charge in [-0.2, -0.15) is 0 Å². The number of amides is 1. The Morgan fingerprint density at radius 3 is 2.25 bits per heavy atom. The number of hydrogen-bond donors (Lipinski definition) is 2. The molecule has 0 aliphatic carbocycles. The van der Waals surface area contributed by atoms with Gasteiger partial charge in [0.25, 0.3) is 5.91 Å². The molecule has 2 aromatic rings. The number of nitrogens with one attached hydrogen (secondary N) is 2. The lowest BCUT2D eigenvalue weighted by atomic mass is 10.0. The number of methoxy groups -OCH3 is 2. The number of benzene rings is 2. The maximum absolute atomic E-state index is 12.9. The van der Waals surface area contributed by atoms with Crippen LogP contribution in [0.5, 0.6) is 11.5 Å². The van der Waals surface area contributed by atoms with Crippen molar-refractivity contribution in [3.05, 3.63) is 53.1 Å². The molecule has 0 radical (unpaired) electrons. The minimum Gasteiger partial charge on any atom is -0.496 e. The predicted molar refractivity (Wildman–Crippen MR) is 107 cm³/mol. The molecule has 0 saturated carbocycles. The van der Waals surface area contributed by atoms with Gasteiger partial charge in [0.05, 0.1) is 24.7 Å². The molecule has 2 N–H and O–H groups in total. The molecule has 152 valence electrons. The van der Waals surface area contributed by atoms with Crippen molar-refractivity contribution in [2.24, 2.45) is 0 Å². The quantitative estimate of drug-likeness (QED) is 0.703. The topological polar surface area (TPSA) is 93.7 Å². The second-order valence-corrected chi connectivity index (χ2v) is 7.97. The van der Waals surface area contributed by atoms with E-state index < -0.39 is 22.0 Å². The largest absolute Gasteiger partial charge is 0.496 e. The molecule has 1 amide bonds. The van der Waals surface area contributed by atoms with Crippen molar-refractivity contribution in [1.29, 1.82) is 0 Å². The van der Waals surface area contributed by atoms with E-state index >= 15 is 0 Å². The van der Waals surface area contributed by atoms with Crippen molar-refractivity contribution in [1.82, 2.24) is 10.0 Å². The van der Waals surface area contributed by atoms with Gasteiger partial charge >= 0.3 is 0 Å². The summed E-state index contributed by atoms with van der Waals surface area (Å²) in [6.07, 6.45) is 0.559. The van der Waals surface area contributed by atoms with E-state index in [-0.39, 0.29) is 10.5 Å². The van der Waals surface area contributed by atoms with Crippen LogP contribution in [0.2, 0.25) is 0 Å². The van der Waals surface area contributed by atoms with Crippen LogP contribution in [0, 0.1) is 6.92 Å². The standard InChI is InChI=1S/C20H26N2O5S/c1-6-17(14-7-9-18(26-4)13(2)11-14)22-28(24,25)15-8-10-19(27-5)16(12-15)20(23)21-3/h7-12,17,22H,6H2,1-5H3,(H,21,23)/t17-/m1/s1. The third kappa shape index (κ3) is 4.63. The van der Waals surface area contributed by atoms with Gasteiger partial charge in [-0.1, -0.05) is 19.1 Å². The summed E-state index contributed by atoms with van der Waals surface area (Å²) < 4.78 is 39.0. The first-order valence-electron chi connectivity index (χ1n) is 8.84. The summed E-state index contributed by atoms with van der Waals surface area (Å²) in [5.41, 5.74) is 1.91. The second kappa shape index (κ2) is 9.07. The Morgan fingerprint density at radius 2 is 1.71 bits per heavy atom. The molecule has 0 aromatic heterocycles. The average molecular weight is 407 g/mol. The van der Waals surface area contributed by atoms with Gasteiger partial charge in [0.15, 0.2) is 0 Å². The van der Waals surface area contributed by atoms with E-state index in [2.05, 4.69) is 10.0 Å². The van der Waals surface area contributed by atoms with Crippen LogP contribution < -0.4 is 19.5 Å². The van der Waals surface area contributed by atoms with E-state index in [1.54, 1.807) is 7.11 Å². The summed E-state index contributed by atoms with van der Waals surface area (Å²) in [5.74, 6) is 0.620. The first-order valence-corrected chi connectivity index (χ1v) is 10.3. The highest BCUT2D eigenvalue weighted by Crippen LogP contribution is 2.27. The van der Waals surface area contributed by atoms with E-state index in [9.17, 15) is 13.2 Å². The summed E-state index contributed by atoms with van der Waals surface area (Å²) in [6.45, 7) is 3.80. The Hall–Kier alpha value is -2.58. The summed E-state index contributed by atoms with van der Waals surface area (Å²) in [4.78, 5) is 12.0. The second-order valence-electron chi connectivity index (χ2n) is 6.25. The fourth-order valence-corrected chi connectivity index (χ4v) is 4.26. The number of hydrogen-bond acceptors (Lipinski definition) is 5. The van der Waals surface area contributed by atoms with Gasteiger partial charge in [0, 0.05) is 13.1 Å². The Bertz CT molecular complexity index is 957. The molecule has 8 heteroatoms. The molecule has 0 spiro atoms. The van der Waals surface area contributed by atoms with E-state index in [1.807, 2.05) is 32.0 Å². The highest BCUT2D eigenvalue weighted by molar-refractivity contribution is 7.89. The molecule has 0 aliphatic rings. The third-order valence-electron chi connectivity index (χ3n) is 4.48. The van der Waals surface area contributed by atoms with Gasteiger partial charge < -0.3 is 14.8 Å². The first kappa shape index (κ1) is 21.7. The zero-order chi connectivity index (χ0) is 20.9. The fraction of sp³-hybridized carbons (Fsp3) is 0.350. The van der Waals surface area contributed by atoms with E-state index in [4.69, 9.17) is 9.47 Å². The fourth-order valence-electron chi connectivity index (χ4n) is 2.93. The molecule has 7 nitrogen and oxygen atoms in total. The molecular formula is C20H26N2O5S. The number of rotatable bonds is 8. The summed E-state index contributed by atoms with van der Waals surface area (Å²) in [6, 6.07) is 9.34. The molecule has 0 fully saturated rings. The van der Waals surface area contributed by atoms with Gasteiger partial charge in [0.1, 0.15) is 11.5 Å². The van der Waals surface area contributed by atoms with Gasteiger partial charge in [-0.15, -0.1) is 0 Å². The molecular weight excluding hydrogens is 380 g/mol. The van der Waals surface area contributed by atoms with Gasteiger partial charge in [-0.3, -0.25) is 4.79 Å². The minimum atomic E-state index is -3.85. The summed E-state index contributed by atoms with van der Waals surface area (Å²) in [5, 5.41) is 2.48. The van der Waals surface area contributed by atoms with E-state index in [1.165, 1.54) is 32.4 Å². The monoisotopic (exact) mass is 406 g/mol. The molecule has 2 rings (SSSR count). The SMILES string of the molecule is CC[C@@H](NS(=O)(=O)c1ccc(OC)c(C(=O)NC)c1)c1ccc(OC)c(C)c1. The van der Waals surface area contributed by atoms with Crippen LogP contribution in [0.3, 0.4) is 0 Å². The highest BCUT2D eigenvalue weighted by Gasteiger charge is 2.23. The normalized spacial score (nSPS) is 12.3. The predicted octanol–water partition coefficient (Wildman–Crippen LogP) is 2.80. The Morgan fingerprint density at radius 1 is 1.07 bits per heavy atom.